The fourth-order valence-electron chi connectivity index (χ4n) is 4.53. The Bertz CT molecular complexity index is 901. The molecule has 0 unspecified atom stereocenters. The number of rotatable bonds is 1. The summed E-state index contributed by atoms with van der Waals surface area (Å²) in [6, 6.07) is 9.74. The van der Waals surface area contributed by atoms with Crippen LogP contribution in [0.3, 0.4) is 0 Å². The molecule has 3 aliphatic rings. The summed E-state index contributed by atoms with van der Waals surface area (Å²) >= 11 is 0. The van der Waals surface area contributed by atoms with Crippen molar-refractivity contribution in [3.05, 3.63) is 64.2 Å². The highest BCUT2D eigenvalue weighted by atomic mass is 16.5. The van der Waals surface area contributed by atoms with E-state index < -0.39 is 11.7 Å². The van der Waals surface area contributed by atoms with Gasteiger partial charge in [-0.2, -0.15) is 0 Å². The van der Waals surface area contributed by atoms with Gasteiger partial charge < -0.3 is 19.7 Å². The van der Waals surface area contributed by atoms with Gasteiger partial charge in [0.15, 0.2) is 0 Å². The topological polar surface area (TPSA) is 58.9 Å². The highest BCUT2D eigenvalue weighted by Gasteiger charge is 2.59. The van der Waals surface area contributed by atoms with Crippen LogP contribution in [-0.4, -0.2) is 22.9 Å². The van der Waals surface area contributed by atoms with Gasteiger partial charge in [-0.05, 0) is 36.3 Å². The van der Waals surface area contributed by atoms with Crippen LogP contribution in [0.2, 0.25) is 0 Å². The second-order valence-electron chi connectivity index (χ2n) is 6.87. The zero-order valence-corrected chi connectivity index (χ0v) is 13.5. The third-order valence-corrected chi connectivity index (χ3v) is 5.55. The molecule has 4 nitrogen and oxygen atoms in total. The lowest BCUT2D eigenvalue weighted by Gasteiger charge is -2.45. The molecule has 0 amide bonds. The SMILES string of the molecule is COc1cccc2c1[C@@H](O)[C@@]1(O)C=Cc3cc(C)cc4c3[C@H]1[C@H]2O4. The molecule has 4 heteroatoms. The summed E-state index contributed by atoms with van der Waals surface area (Å²) < 4.78 is 11.7. The lowest BCUT2D eigenvalue weighted by atomic mass is 9.64. The molecule has 0 saturated carbocycles. The molecule has 2 aliphatic carbocycles. The van der Waals surface area contributed by atoms with E-state index in [1.807, 2.05) is 31.2 Å². The second-order valence-corrected chi connectivity index (χ2v) is 6.87. The standard InChI is InChI=1S/C20H18O4/c1-10-8-11-6-7-20(22)17-15(11)14(9-10)24-18(17)12-4-3-5-13(23-2)16(12)19(20)21/h3-9,17-19,21-22H,1-2H3/t17-,18-,19+,20+/m0/s1. The average molecular weight is 322 g/mol. The minimum atomic E-state index is -1.40. The Morgan fingerprint density at radius 2 is 2.04 bits per heavy atom. The third kappa shape index (κ3) is 1.50. The van der Waals surface area contributed by atoms with E-state index in [1.165, 1.54) is 0 Å². The van der Waals surface area contributed by atoms with E-state index >= 15 is 0 Å². The van der Waals surface area contributed by atoms with Crippen LogP contribution in [0.1, 0.15) is 45.9 Å². The van der Waals surface area contributed by atoms with E-state index in [1.54, 1.807) is 19.3 Å². The smallest absolute Gasteiger partial charge is 0.134 e. The first-order valence-electron chi connectivity index (χ1n) is 8.12. The number of hydrogen-bond acceptors (Lipinski definition) is 4. The lowest BCUT2D eigenvalue weighted by Crippen LogP contribution is -2.47. The van der Waals surface area contributed by atoms with E-state index in [4.69, 9.17) is 9.47 Å². The van der Waals surface area contributed by atoms with Crippen molar-refractivity contribution in [2.75, 3.05) is 7.11 Å². The fourth-order valence-corrected chi connectivity index (χ4v) is 4.53. The van der Waals surface area contributed by atoms with E-state index in [-0.39, 0.29) is 12.0 Å². The summed E-state index contributed by atoms with van der Waals surface area (Å²) in [4.78, 5) is 0. The molecule has 2 N–H and O–H groups in total. The van der Waals surface area contributed by atoms with Crippen molar-refractivity contribution in [1.82, 2.24) is 0 Å². The summed E-state index contributed by atoms with van der Waals surface area (Å²) in [6.45, 7) is 2.03. The van der Waals surface area contributed by atoms with E-state index in [9.17, 15) is 10.2 Å². The number of methoxy groups -OCH3 is 1. The molecule has 0 saturated heterocycles. The summed E-state index contributed by atoms with van der Waals surface area (Å²) in [5.41, 5.74) is 3.25. The fraction of sp³-hybridized carbons (Fsp3) is 0.300. The maximum absolute atomic E-state index is 11.4. The van der Waals surface area contributed by atoms with Crippen LogP contribution in [-0.2, 0) is 0 Å². The quantitative estimate of drug-likeness (QED) is 0.847. The van der Waals surface area contributed by atoms with Gasteiger partial charge in [0, 0.05) is 16.7 Å². The average Bonchev–Trinajstić information content (AvgIpc) is 2.97. The molecule has 0 bridgehead atoms. The predicted octanol–water partition coefficient (Wildman–Crippen LogP) is 3.03. The van der Waals surface area contributed by atoms with Crippen LogP contribution >= 0.6 is 0 Å². The molecule has 122 valence electrons. The van der Waals surface area contributed by atoms with Gasteiger partial charge in [-0.25, -0.2) is 0 Å². The number of aliphatic hydroxyl groups is 2. The number of aryl methyl sites for hydroxylation is 1. The molecule has 1 heterocycles. The van der Waals surface area contributed by atoms with Gasteiger partial charge in [-0.15, -0.1) is 0 Å². The molecule has 0 spiro atoms. The van der Waals surface area contributed by atoms with Gasteiger partial charge in [-0.3, -0.25) is 0 Å². The Morgan fingerprint density at radius 1 is 1.21 bits per heavy atom. The summed E-state index contributed by atoms with van der Waals surface area (Å²) in [7, 11) is 1.57. The van der Waals surface area contributed by atoms with Crippen LogP contribution in [0.4, 0.5) is 0 Å². The first-order chi connectivity index (χ1) is 11.5. The highest BCUT2D eigenvalue weighted by molar-refractivity contribution is 5.70. The minimum absolute atomic E-state index is 0.317. The van der Waals surface area contributed by atoms with Crippen molar-refractivity contribution in [2.45, 2.75) is 30.7 Å². The molecule has 2 aromatic rings. The van der Waals surface area contributed by atoms with Crippen LogP contribution in [0.15, 0.2) is 36.4 Å². The summed E-state index contributed by atoms with van der Waals surface area (Å²) in [5.74, 6) is 1.05. The molecule has 0 aromatic heterocycles. The molecule has 5 rings (SSSR count). The Balaban J connectivity index is 1.83. The zero-order valence-electron chi connectivity index (χ0n) is 13.5. The van der Waals surface area contributed by atoms with Gasteiger partial charge in [-0.1, -0.05) is 24.3 Å². The second kappa shape index (κ2) is 4.41. The van der Waals surface area contributed by atoms with Gasteiger partial charge in [0.05, 0.1) is 13.0 Å². The van der Waals surface area contributed by atoms with Crippen molar-refractivity contribution in [2.24, 2.45) is 0 Å². The van der Waals surface area contributed by atoms with Crippen LogP contribution < -0.4 is 9.47 Å². The summed E-state index contributed by atoms with van der Waals surface area (Å²) in [6.07, 6.45) is 2.21. The van der Waals surface area contributed by atoms with Crippen LogP contribution in [0.5, 0.6) is 11.5 Å². The third-order valence-electron chi connectivity index (χ3n) is 5.55. The highest BCUT2D eigenvalue weighted by Crippen LogP contribution is 2.63. The minimum Gasteiger partial charge on any atom is -0.496 e. The maximum Gasteiger partial charge on any atom is 0.134 e. The Kier molecular flexibility index (Phi) is 2.58. The van der Waals surface area contributed by atoms with Crippen molar-refractivity contribution in [1.29, 1.82) is 0 Å². The molecule has 1 aliphatic heterocycles. The molecule has 4 atom stereocenters. The van der Waals surface area contributed by atoms with Crippen LogP contribution in [0, 0.1) is 6.92 Å². The molecule has 2 aromatic carbocycles. The van der Waals surface area contributed by atoms with Crippen molar-refractivity contribution < 1.29 is 19.7 Å². The van der Waals surface area contributed by atoms with Crippen LogP contribution in [0.25, 0.3) is 6.08 Å². The van der Waals surface area contributed by atoms with E-state index in [0.29, 0.717) is 11.3 Å². The Labute approximate surface area is 140 Å². The summed E-state index contributed by atoms with van der Waals surface area (Å²) in [5, 5.41) is 22.4. The molecule has 24 heavy (non-hydrogen) atoms. The molecule has 0 radical (unpaired) electrons. The molecular weight excluding hydrogens is 304 g/mol. The number of ether oxygens (including phenoxy) is 2. The monoisotopic (exact) mass is 322 g/mol. The first kappa shape index (κ1) is 14.1. The van der Waals surface area contributed by atoms with E-state index in [2.05, 4.69) is 6.07 Å². The van der Waals surface area contributed by atoms with Gasteiger partial charge in [0.25, 0.3) is 0 Å². The first-order valence-corrected chi connectivity index (χ1v) is 8.12. The maximum atomic E-state index is 11.4. The van der Waals surface area contributed by atoms with Crippen molar-refractivity contribution >= 4 is 6.08 Å². The van der Waals surface area contributed by atoms with E-state index in [0.717, 1.165) is 28.0 Å². The number of hydrogen-bond donors (Lipinski definition) is 2. The normalized spacial score (nSPS) is 31.2. The van der Waals surface area contributed by atoms with Crippen molar-refractivity contribution in [3.8, 4) is 11.5 Å². The number of benzene rings is 2. The Hall–Kier alpha value is -2.30. The lowest BCUT2D eigenvalue weighted by molar-refractivity contribution is -0.0881. The van der Waals surface area contributed by atoms with Gasteiger partial charge in [0.2, 0.25) is 0 Å². The van der Waals surface area contributed by atoms with Gasteiger partial charge >= 0.3 is 0 Å². The molecule has 0 fully saturated rings. The number of aliphatic hydroxyl groups excluding tert-OH is 1. The van der Waals surface area contributed by atoms with Crippen molar-refractivity contribution in [3.63, 3.8) is 0 Å². The van der Waals surface area contributed by atoms with Gasteiger partial charge in [0.1, 0.15) is 29.3 Å². The molecular formula is C20H18O4. The largest absolute Gasteiger partial charge is 0.496 e. The number of fused-ring (bicyclic) bond motifs is 2. The zero-order chi connectivity index (χ0) is 16.6. The predicted molar refractivity (Wildman–Crippen MR) is 89.2 cm³/mol. The Morgan fingerprint density at radius 3 is 2.83 bits per heavy atom.